The molecule has 0 aromatic heterocycles. The number of likely N-dealkylation sites (tertiary alicyclic amines) is 1. The highest BCUT2D eigenvalue weighted by atomic mass is 16.2. The van der Waals surface area contributed by atoms with Crippen molar-refractivity contribution in [3.05, 3.63) is 65.2 Å². The Hall–Kier alpha value is -2.82. The van der Waals surface area contributed by atoms with E-state index in [0.717, 1.165) is 36.9 Å². The first kappa shape index (κ1) is 18.5. The second-order valence-electron chi connectivity index (χ2n) is 7.72. The number of amides is 3. The molecule has 2 aliphatic rings. The average Bonchev–Trinajstić information content (AvgIpc) is 2.74. The van der Waals surface area contributed by atoms with Crippen LogP contribution in [0.1, 0.15) is 47.2 Å². The van der Waals surface area contributed by atoms with Gasteiger partial charge in [0.25, 0.3) is 5.91 Å². The minimum absolute atomic E-state index is 0.000519. The number of aryl methyl sites for hydroxylation is 2. The summed E-state index contributed by atoms with van der Waals surface area (Å²) in [5.74, 6) is 0.000519. The quantitative estimate of drug-likeness (QED) is 0.850. The zero-order valence-electron chi connectivity index (χ0n) is 16.1. The molecule has 0 bridgehead atoms. The second-order valence-corrected chi connectivity index (χ2v) is 7.72. The minimum atomic E-state index is -0.0781. The zero-order chi connectivity index (χ0) is 19.3. The number of para-hydroxylation sites is 1. The molecule has 146 valence electrons. The van der Waals surface area contributed by atoms with Crippen LogP contribution in [-0.2, 0) is 12.8 Å². The first-order valence-electron chi connectivity index (χ1n) is 10.2. The fourth-order valence-corrected chi connectivity index (χ4v) is 4.09. The number of piperidine rings is 1. The van der Waals surface area contributed by atoms with Crippen LogP contribution in [0.3, 0.4) is 0 Å². The van der Waals surface area contributed by atoms with Crippen LogP contribution in [0.25, 0.3) is 0 Å². The van der Waals surface area contributed by atoms with E-state index >= 15 is 0 Å². The summed E-state index contributed by atoms with van der Waals surface area (Å²) in [5, 5.41) is 6.08. The molecule has 1 saturated heterocycles. The predicted molar refractivity (Wildman–Crippen MR) is 111 cm³/mol. The third kappa shape index (κ3) is 4.35. The van der Waals surface area contributed by atoms with Crippen LogP contribution in [-0.4, -0.2) is 36.0 Å². The molecule has 4 rings (SSSR count). The van der Waals surface area contributed by atoms with Crippen molar-refractivity contribution < 1.29 is 9.59 Å². The van der Waals surface area contributed by atoms with Crippen molar-refractivity contribution in [3.8, 4) is 0 Å². The van der Waals surface area contributed by atoms with Crippen LogP contribution in [0.15, 0.2) is 48.5 Å². The number of carbonyl (C=O) groups is 2. The molecule has 2 aromatic rings. The lowest BCUT2D eigenvalue weighted by molar-refractivity contribution is 0.0919. The maximum absolute atomic E-state index is 12.7. The first-order chi connectivity index (χ1) is 13.7. The molecule has 3 amide bonds. The van der Waals surface area contributed by atoms with E-state index < -0.39 is 0 Å². The summed E-state index contributed by atoms with van der Waals surface area (Å²) in [5.41, 5.74) is 4.27. The summed E-state index contributed by atoms with van der Waals surface area (Å²) in [6.45, 7) is 1.29. The number of fused-ring (bicyclic) bond motifs is 1. The maximum Gasteiger partial charge on any atom is 0.321 e. The molecule has 0 atom stereocenters. The molecule has 1 aliphatic carbocycles. The molecule has 1 aliphatic heterocycles. The van der Waals surface area contributed by atoms with Gasteiger partial charge in [-0.15, -0.1) is 0 Å². The van der Waals surface area contributed by atoms with Gasteiger partial charge in [-0.1, -0.05) is 24.3 Å². The molecule has 2 N–H and O–H groups in total. The van der Waals surface area contributed by atoms with Crippen LogP contribution >= 0.6 is 0 Å². The van der Waals surface area contributed by atoms with Gasteiger partial charge in [-0.25, -0.2) is 4.79 Å². The third-order valence-electron chi connectivity index (χ3n) is 5.75. The van der Waals surface area contributed by atoms with Gasteiger partial charge < -0.3 is 15.5 Å². The number of nitrogens with one attached hydrogen (secondary N) is 2. The van der Waals surface area contributed by atoms with Gasteiger partial charge in [0.05, 0.1) is 0 Å². The summed E-state index contributed by atoms with van der Waals surface area (Å²) in [7, 11) is 0. The van der Waals surface area contributed by atoms with Crippen molar-refractivity contribution in [2.24, 2.45) is 0 Å². The van der Waals surface area contributed by atoms with Crippen molar-refractivity contribution in [1.29, 1.82) is 0 Å². The molecule has 5 nitrogen and oxygen atoms in total. The van der Waals surface area contributed by atoms with Gasteiger partial charge in [0, 0.05) is 30.4 Å². The lowest BCUT2D eigenvalue weighted by Crippen LogP contribution is -2.47. The molecule has 2 aromatic carbocycles. The van der Waals surface area contributed by atoms with Crippen LogP contribution in [0.2, 0.25) is 0 Å². The van der Waals surface area contributed by atoms with Crippen molar-refractivity contribution in [3.63, 3.8) is 0 Å². The van der Waals surface area contributed by atoms with Crippen LogP contribution in [0.5, 0.6) is 0 Å². The monoisotopic (exact) mass is 377 g/mol. The molecule has 5 heteroatoms. The van der Waals surface area contributed by atoms with E-state index in [-0.39, 0.29) is 18.0 Å². The lowest BCUT2D eigenvalue weighted by atomic mass is 9.90. The summed E-state index contributed by atoms with van der Waals surface area (Å²) < 4.78 is 0. The van der Waals surface area contributed by atoms with Crippen LogP contribution in [0.4, 0.5) is 10.5 Å². The molecule has 0 radical (unpaired) electrons. The van der Waals surface area contributed by atoms with Crippen molar-refractivity contribution in [2.75, 3.05) is 18.4 Å². The highest BCUT2D eigenvalue weighted by Crippen LogP contribution is 2.22. The number of hydrogen-bond donors (Lipinski definition) is 2. The highest BCUT2D eigenvalue weighted by Gasteiger charge is 2.24. The highest BCUT2D eigenvalue weighted by molar-refractivity contribution is 5.94. The fraction of sp³-hybridized carbons (Fsp3) is 0.391. The van der Waals surface area contributed by atoms with Crippen molar-refractivity contribution in [2.45, 2.75) is 44.6 Å². The lowest BCUT2D eigenvalue weighted by Gasteiger charge is -2.32. The average molecular weight is 377 g/mol. The Morgan fingerprint density at radius 1 is 0.893 bits per heavy atom. The van der Waals surface area contributed by atoms with Crippen molar-refractivity contribution >= 4 is 17.6 Å². The maximum atomic E-state index is 12.7. The Balaban J connectivity index is 1.28. The number of nitrogens with zero attached hydrogens (tertiary/aromatic N) is 1. The van der Waals surface area contributed by atoms with E-state index in [1.165, 1.54) is 24.0 Å². The minimum Gasteiger partial charge on any atom is -0.349 e. The molecular formula is C23H27N3O2. The summed E-state index contributed by atoms with van der Waals surface area (Å²) in [6, 6.07) is 15.6. The molecule has 0 spiro atoms. The summed E-state index contributed by atoms with van der Waals surface area (Å²) in [6.07, 6.45) is 6.21. The number of hydrogen-bond acceptors (Lipinski definition) is 2. The fourth-order valence-electron chi connectivity index (χ4n) is 4.09. The molecule has 1 fully saturated rings. The van der Waals surface area contributed by atoms with Gasteiger partial charge in [-0.05, 0) is 73.9 Å². The van der Waals surface area contributed by atoms with Crippen molar-refractivity contribution in [1.82, 2.24) is 10.2 Å². The number of benzene rings is 2. The van der Waals surface area contributed by atoms with Crippen LogP contribution in [0, 0.1) is 0 Å². The van der Waals surface area contributed by atoms with Gasteiger partial charge in [-0.3, -0.25) is 4.79 Å². The second kappa shape index (κ2) is 8.46. The van der Waals surface area contributed by atoms with Gasteiger partial charge in [0.1, 0.15) is 0 Å². The van der Waals surface area contributed by atoms with Crippen LogP contribution < -0.4 is 10.6 Å². The molecule has 0 unspecified atom stereocenters. The zero-order valence-corrected chi connectivity index (χ0v) is 16.1. The summed E-state index contributed by atoms with van der Waals surface area (Å²) in [4.78, 5) is 26.8. The normalized spacial score (nSPS) is 16.9. The predicted octanol–water partition coefficient (Wildman–Crippen LogP) is 3.99. The third-order valence-corrected chi connectivity index (χ3v) is 5.75. The van der Waals surface area contributed by atoms with E-state index in [0.29, 0.717) is 13.1 Å². The van der Waals surface area contributed by atoms with E-state index in [1.54, 1.807) is 0 Å². The first-order valence-corrected chi connectivity index (χ1v) is 10.2. The van der Waals surface area contributed by atoms with Gasteiger partial charge in [0.15, 0.2) is 0 Å². The smallest absolute Gasteiger partial charge is 0.321 e. The Bertz CT molecular complexity index is 842. The molecular weight excluding hydrogens is 350 g/mol. The van der Waals surface area contributed by atoms with E-state index in [1.807, 2.05) is 41.3 Å². The topological polar surface area (TPSA) is 61.4 Å². The standard InChI is InChI=1S/C23H27N3O2/c27-22(19-11-10-17-6-4-5-7-18(17)16-19)24-21-12-14-26(15-13-21)23(28)25-20-8-2-1-3-9-20/h1-3,8-11,16,21H,4-7,12-15H2,(H,24,27)(H,25,28). The molecule has 1 heterocycles. The number of anilines is 1. The Morgan fingerprint density at radius 3 is 2.36 bits per heavy atom. The SMILES string of the molecule is O=C(NC1CCN(C(=O)Nc2ccccc2)CC1)c1ccc2c(c1)CCCC2. The Kier molecular flexibility index (Phi) is 5.60. The van der Waals surface area contributed by atoms with E-state index in [9.17, 15) is 9.59 Å². The number of urea groups is 1. The van der Waals surface area contributed by atoms with E-state index in [4.69, 9.17) is 0 Å². The van der Waals surface area contributed by atoms with Gasteiger partial charge in [-0.2, -0.15) is 0 Å². The number of carbonyl (C=O) groups excluding carboxylic acids is 2. The van der Waals surface area contributed by atoms with Gasteiger partial charge in [0.2, 0.25) is 0 Å². The molecule has 0 saturated carbocycles. The Morgan fingerprint density at radius 2 is 1.61 bits per heavy atom. The summed E-state index contributed by atoms with van der Waals surface area (Å²) >= 11 is 0. The Labute approximate surface area is 166 Å². The molecule has 28 heavy (non-hydrogen) atoms. The number of rotatable bonds is 3. The largest absolute Gasteiger partial charge is 0.349 e. The van der Waals surface area contributed by atoms with E-state index in [2.05, 4.69) is 22.8 Å². The van der Waals surface area contributed by atoms with Gasteiger partial charge >= 0.3 is 6.03 Å².